The maximum Gasteiger partial charge on any atom is 0.239 e. The van der Waals surface area contributed by atoms with Crippen molar-refractivity contribution in [3.63, 3.8) is 0 Å². The number of carbonyl (C=O) groups is 1. The molecule has 8 heteroatoms. The van der Waals surface area contributed by atoms with Crippen LogP contribution in [0.15, 0.2) is 29.3 Å². The molecule has 0 atom stereocenters. The summed E-state index contributed by atoms with van der Waals surface area (Å²) in [5.41, 5.74) is 2.04. The molecule has 1 saturated heterocycles. The average Bonchev–Trinajstić information content (AvgIpc) is 2.66. The summed E-state index contributed by atoms with van der Waals surface area (Å²) in [6, 6.07) is 8.30. The number of ether oxygens (including phenoxy) is 2. The zero-order chi connectivity index (χ0) is 20.4. The summed E-state index contributed by atoms with van der Waals surface area (Å²) in [4.78, 5) is 16.1. The zero-order valence-corrected chi connectivity index (χ0v) is 20.2. The monoisotopic (exact) mass is 518 g/mol. The number of aliphatic imine (C=N–C) groups is 1. The van der Waals surface area contributed by atoms with E-state index < -0.39 is 0 Å². The molecule has 0 spiro atoms. The topological polar surface area (TPSA) is 84.0 Å². The Balaban J connectivity index is 0.00000420. The van der Waals surface area contributed by atoms with Crippen molar-refractivity contribution < 1.29 is 14.3 Å². The van der Waals surface area contributed by atoms with Crippen LogP contribution < -0.4 is 16.0 Å². The van der Waals surface area contributed by atoms with Gasteiger partial charge in [-0.05, 0) is 44.7 Å². The highest BCUT2D eigenvalue weighted by molar-refractivity contribution is 14.0. The Hall–Kier alpha value is -1.39. The third-order valence-corrected chi connectivity index (χ3v) is 4.26. The van der Waals surface area contributed by atoms with Gasteiger partial charge in [0.1, 0.15) is 0 Å². The van der Waals surface area contributed by atoms with Gasteiger partial charge in [0.25, 0.3) is 0 Å². The largest absolute Gasteiger partial charge is 0.381 e. The van der Waals surface area contributed by atoms with E-state index >= 15 is 0 Å². The van der Waals surface area contributed by atoms with Crippen LogP contribution in [-0.4, -0.2) is 50.3 Å². The third kappa shape index (κ3) is 10.8. The first-order valence-electron chi connectivity index (χ1n) is 9.88. The van der Waals surface area contributed by atoms with E-state index in [4.69, 9.17) is 9.47 Å². The summed E-state index contributed by atoms with van der Waals surface area (Å²) < 4.78 is 11.4. The molecule has 0 aromatic heterocycles. The molecule has 1 amide bonds. The number of rotatable bonds is 7. The minimum absolute atomic E-state index is 0. The van der Waals surface area contributed by atoms with E-state index in [0.717, 1.165) is 37.2 Å². The fourth-order valence-electron chi connectivity index (χ4n) is 2.92. The second-order valence-corrected chi connectivity index (χ2v) is 8.02. The Morgan fingerprint density at radius 3 is 2.55 bits per heavy atom. The molecular formula is C21H35IN4O3. The van der Waals surface area contributed by atoms with E-state index in [-0.39, 0.29) is 48.1 Å². The van der Waals surface area contributed by atoms with E-state index in [9.17, 15) is 4.79 Å². The van der Waals surface area contributed by atoms with Crippen LogP contribution in [0.5, 0.6) is 0 Å². The second-order valence-electron chi connectivity index (χ2n) is 8.02. The van der Waals surface area contributed by atoms with Crippen molar-refractivity contribution in [3.05, 3.63) is 35.4 Å². The van der Waals surface area contributed by atoms with Crippen molar-refractivity contribution in [1.29, 1.82) is 0 Å². The highest BCUT2D eigenvalue weighted by Crippen LogP contribution is 2.14. The van der Waals surface area contributed by atoms with Crippen LogP contribution >= 0.6 is 24.0 Å². The van der Waals surface area contributed by atoms with E-state index in [1.807, 2.05) is 26.8 Å². The molecule has 7 nitrogen and oxygen atoms in total. The first-order valence-corrected chi connectivity index (χ1v) is 9.88. The summed E-state index contributed by atoms with van der Waals surface area (Å²) in [5, 5.41) is 9.19. The molecule has 1 aliphatic heterocycles. The molecule has 2 rings (SSSR count). The molecule has 3 N–H and O–H groups in total. The van der Waals surface area contributed by atoms with Crippen molar-refractivity contribution in [2.24, 2.45) is 4.99 Å². The number of halogens is 1. The second kappa shape index (κ2) is 13.0. The van der Waals surface area contributed by atoms with Gasteiger partial charge in [-0.25, -0.2) is 0 Å². The van der Waals surface area contributed by atoms with Crippen LogP contribution in [0.4, 0.5) is 0 Å². The van der Waals surface area contributed by atoms with E-state index in [1.165, 1.54) is 0 Å². The Kier molecular flexibility index (Phi) is 11.5. The molecule has 29 heavy (non-hydrogen) atoms. The smallest absolute Gasteiger partial charge is 0.239 e. The van der Waals surface area contributed by atoms with E-state index in [1.54, 1.807) is 7.05 Å². The van der Waals surface area contributed by atoms with Gasteiger partial charge in [0, 0.05) is 32.3 Å². The van der Waals surface area contributed by atoms with Gasteiger partial charge in [0.05, 0.1) is 19.3 Å². The van der Waals surface area contributed by atoms with Crippen LogP contribution in [0.1, 0.15) is 44.7 Å². The summed E-state index contributed by atoms with van der Waals surface area (Å²) in [7, 11) is 1.69. The third-order valence-electron chi connectivity index (χ3n) is 4.26. The molecule has 0 aliphatic carbocycles. The maximum atomic E-state index is 11.9. The summed E-state index contributed by atoms with van der Waals surface area (Å²) in [5.74, 6) is 0.524. The molecule has 1 heterocycles. The minimum Gasteiger partial charge on any atom is -0.381 e. The lowest BCUT2D eigenvalue weighted by atomic mass is 10.1. The van der Waals surface area contributed by atoms with Gasteiger partial charge in [-0.15, -0.1) is 24.0 Å². The SMILES string of the molecule is CN=C(NCC(=O)NC(C)(C)C)NCc1cccc(COC2CCOCC2)c1.I. The van der Waals surface area contributed by atoms with Crippen LogP contribution in [-0.2, 0) is 27.4 Å². The molecule has 0 saturated carbocycles. The normalized spacial score (nSPS) is 15.4. The number of benzene rings is 1. The van der Waals surface area contributed by atoms with Gasteiger partial charge >= 0.3 is 0 Å². The van der Waals surface area contributed by atoms with Crippen molar-refractivity contribution in [2.75, 3.05) is 26.8 Å². The molecule has 1 aromatic rings. The van der Waals surface area contributed by atoms with Crippen LogP contribution in [0, 0.1) is 0 Å². The lowest BCUT2D eigenvalue weighted by Crippen LogP contribution is -2.48. The fraction of sp³-hybridized carbons (Fsp3) is 0.619. The summed E-state index contributed by atoms with van der Waals surface area (Å²) in [6.07, 6.45) is 2.22. The quantitative estimate of drug-likeness (QED) is 0.294. The number of nitrogens with zero attached hydrogens (tertiary/aromatic N) is 1. The fourth-order valence-corrected chi connectivity index (χ4v) is 2.92. The lowest BCUT2D eigenvalue weighted by Gasteiger charge is -2.22. The molecule has 0 unspecified atom stereocenters. The predicted molar refractivity (Wildman–Crippen MR) is 127 cm³/mol. The number of amides is 1. The number of hydrogen-bond donors (Lipinski definition) is 3. The van der Waals surface area contributed by atoms with Crippen molar-refractivity contribution in [1.82, 2.24) is 16.0 Å². The Morgan fingerprint density at radius 1 is 1.21 bits per heavy atom. The maximum absolute atomic E-state index is 11.9. The van der Waals surface area contributed by atoms with Crippen molar-refractivity contribution >= 4 is 35.8 Å². The standard InChI is InChI=1S/C21H34N4O3.HI/c1-21(2,3)25-19(26)14-24-20(22-4)23-13-16-6-5-7-17(12-16)15-28-18-8-10-27-11-9-18;/h5-7,12,18H,8-11,13-15H2,1-4H3,(H,25,26)(H2,22,23,24);1H. The van der Waals surface area contributed by atoms with E-state index in [2.05, 4.69) is 39.1 Å². The Bertz CT molecular complexity index is 656. The Labute approximate surface area is 191 Å². The van der Waals surface area contributed by atoms with Crippen LogP contribution in [0.2, 0.25) is 0 Å². The lowest BCUT2D eigenvalue weighted by molar-refractivity contribution is -0.121. The molecule has 164 valence electrons. The summed E-state index contributed by atoms with van der Waals surface area (Å²) in [6.45, 7) is 8.84. The predicted octanol–water partition coefficient (Wildman–Crippen LogP) is 2.58. The molecule has 1 fully saturated rings. The molecule has 0 radical (unpaired) electrons. The van der Waals surface area contributed by atoms with E-state index in [0.29, 0.717) is 19.1 Å². The Morgan fingerprint density at radius 2 is 1.90 bits per heavy atom. The molecule has 1 aliphatic rings. The van der Waals surface area contributed by atoms with Gasteiger partial charge in [0.2, 0.25) is 5.91 Å². The van der Waals surface area contributed by atoms with Crippen LogP contribution in [0.25, 0.3) is 0 Å². The molecule has 1 aromatic carbocycles. The highest BCUT2D eigenvalue weighted by atomic mass is 127. The molecular weight excluding hydrogens is 483 g/mol. The van der Waals surface area contributed by atoms with Gasteiger partial charge in [-0.3, -0.25) is 9.79 Å². The average molecular weight is 518 g/mol. The number of guanidine groups is 1. The minimum atomic E-state index is -0.247. The highest BCUT2D eigenvalue weighted by Gasteiger charge is 2.15. The van der Waals surface area contributed by atoms with Gasteiger partial charge in [-0.1, -0.05) is 24.3 Å². The van der Waals surface area contributed by atoms with Crippen molar-refractivity contribution in [3.8, 4) is 0 Å². The van der Waals surface area contributed by atoms with Gasteiger partial charge in [0.15, 0.2) is 5.96 Å². The first-order chi connectivity index (χ1) is 13.4. The van der Waals surface area contributed by atoms with Gasteiger partial charge in [-0.2, -0.15) is 0 Å². The van der Waals surface area contributed by atoms with Crippen molar-refractivity contribution in [2.45, 2.75) is 58.4 Å². The number of carbonyl (C=O) groups excluding carboxylic acids is 1. The zero-order valence-electron chi connectivity index (χ0n) is 17.9. The summed E-state index contributed by atoms with van der Waals surface area (Å²) >= 11 is 0. The molecule has 0 bridgehead atoms. The first kappa shape index (κ1) is 25.6. The van der Waals surface area contributed by atoms with Gasteiger partial charge < -0.3 is 25.4 Å². The van der Waals surface area contributed by atoms with Crippen LogP contribution in [0.3, 0.4) is 0 Å². The number of nitrogens with one attached hydrogen (secondary N) is 3. The number of hydrogen-bond acceptors (Lipinski definition) is 4.